The molecule has 2 aromatic heterocycles. The van der Waals surface area contributed by atoms with E-state index in [1.165, 1.54) is 17.7 Å². The van der Waals surface area contributed by atoms with Crippen LogP contribution < -0.4 is 5.32 Å². The summed E-state index contributed by atoms with van der Waals surface area (Å²) in [7, 11) is 0. The third kappa shape index (κ3) is 2.97. The number of benzene rings is 1. The van der Waals surface area contributed by atoms with Crippen LogP contribution in [0.25, 0.3) is 16.8 Å². The Balaban J connectivity index is 1.97. The molecule has 4 rings (SSSR count). The third-order valence-corrected chi connectivity index (χ3v) is 5.49. The number of aromatic nitrogens is 3. The lowest BCUT2D eigenvalue weighted by atomic mass is 10.1. The lowest BCUT2D eigenvalue weighted by molar-refractivity contribution is 0.585. The van der Waals surface area contributed by atoms with Crippen LogP contribution in [0.5, 0.6) is 0 Å². The van der Waals surface area contributed by atoms with Crippen molar-refractivity contribution in [2.75, 3.05) is 5.32 Å². The number of hydrogen-bond acceptors (Lipinski definition) is 3. The highest BCUT2D eigenvalue weighted by molar-refractivity contribution is 5.82. The van der Waals surface area contributed by atoms with Crippen molar-refractivity contribution in [3.05, 3.63) is 46.8 Å². The van der Waals surface area contributed by atoms with Crippen LogP contribution in [0.15, 0.2) is 18.2 Å². The summed E-state index contributed by atoms with van der Waals surface area (Å²) >= 11 is 0. The molecule has 1 aliphatic carbocycles. The number of rotatable bonds is 5. The molecule has 0 radical (unpaired) electrons. The predicted octanol–water partition coefficient (Wildman–Crippen LogP) is 5.07. The highest BCUT2D eigenvalue weighted by Gasteiger charge is 2.26. The van der Waals surface area contributed by atoms with Crippen LogP contribution in [0.1, 0.15) is 50.1 Å². The second-order valence-electron chi connectivity index (χ2n) is 7.22. The second kappa shape index (κ2) is 6.91. The Morgan fingerprint density at radius 2 is 1.96 bits per heavy atom. The Morgan fingerprint density at radius 1 is 1.19 bits per heavy atom. The maximum atomic E-state index is 14.5. The number of hydrogen-bond donors (Lipinski definition) is 1. The highest BCUT2D eigenvalue weighted by atomic mass is 19.1. The Kier molecular flexibility index (Phi) is 4.58. The van der Waals surface area contributed by atoms with Crippen LogP contribution in [0.4, 0.5) is 14.6 Å². The van der Waals surface area contributed by atoms with Crippen molar-refractivity contribution in [1.82, 2.24) is 14.6 Å². The standard InChI is InChI=1S/C21H24F2N4/c1-4-14(5-2)24-20-16-7-6-8-18(16)25-21-19(12(3)26-27(20)21)15-10-9-13(22)11-17(15)23/h9-11,14,24H,4-8H2,1-3H3. The maximum Gasteiger partial charge on any atom is 0.165 e. The molecule has 0 amide bonds. The molecule has 1 N–H and O–H groups in total. The van der Waals surface area contributed by atoms with Gasteiger partial charge in [-0.15, -0.1) is 0 Å². The zero-order valence-electron chi connectivity index (χ0n) is 15.9. The molecule has 0 unspecified atom stereocenters. The van der Waals surface area contributed by atoms with Gasteiger partial charge in [-0.1, -0.05) is 13.8 Å². The molecule has 3 aromatic rings. The van der Waals surface area contributed by atoms with Crippen molar-refractivity contribution in [3.63, 3.8) is 0 Å². The fourth-order valence-electron chi connectivity index (χ4n) is 3.98. The van der Waals surface area contributed by atoms with Crippen molar-refractivity contribution in [1.29, 1.82) is 0 Å². The minimum absolute atomic E-state index is 0.336. The van der Waals surface area contributed by atoms with Gasteiger partial charge in [0.2, 0.25) is 0 Å². The molecule has 1 aromatic carbocycles. The van der Waals surface area contributed by atoms with Crippen LogP contribution in [-0.2, 0) is 12.8 Å². The first-order chi connectivity index (χ1) is 13.0. The van der Waals surface area contributed by atoms with Gasteiger partial charge in [0.15, 0.2) is 5.65 Å². The highest BCUT2D eigenvalue weighted by Crippen LogP contribution is 2.35. The number of nitrogens with one attached hydrogen (secondary N) is 1. The van der Waals surface area contributed by atoms with Gasteiger partial charge in [-0.3, -0.25) is 0 Å². The average Bonchev–Trinajstić information content (AvgIpc) is 3.23. The number of aryl methyl sites for hydroxylation is 2. The normalized spacial score (nSPS) is 13.6. The summed E-state index contributed by atoms with van der Waals surface area (Å²) in [6, 6.07) is 4.00. The van der Waals surface area contributed by atoms with Gasteiger partial charge in [0.1, 0.15) is 17.5 Å². The van der Waals surface area contributed by atoms with E-state index in [0.29, 0.717) is 28.5 Å². The van der Waals surface area contributed by atoms with Crippen molar-refractivity contribution in [2.24, 2.45) is 0 Å². The zero-order valence-corrected chi connectivity index (χ0v) is 15.9. The van der Waals surface area contributed by atoms with Crippen LogP contribution in [-0.4, -0.2) is 20.6 Å². The van der Waals surface area contributed by atoms with Crippen molar-refractivity contribution in [3.8, 4) is 11.1 Å². The van der Waals surface area contributed by atoms with E-state index in [4.69, 9.17) is 4.98 Å². The van der Waals surface area contributed by atoms with Crippen molar-refractivity contribution < 1.29 is 8.78 Å². The Bertz CT molecular complexity index is 1010. The smallest absolute Gasteiger partial charge is 0.165 e. The lowest BCUT2D eigenvalue weighted by Gasteiger charge is -2.19. The first-order valence-corrected chi connectivity index (χ1v) is 9.66. The molecule has 0 aliphatic heterocycles. The van der Waals surface area contributed by atoms with Gasteiger partial charge in [-0.05, 0) is 51.2 Å². The minimum Gasteiger partial charge on any atom is -0.367 e. The Labute approximate surface area is 157 Å². The van der Waals surface area contributed by atoms with Gasteiger partial charge >= 0.3 is 0 Å². The Morgan fingerprint density at radius 3 is 2.67 bits per heavy atom. The molecule has 1 aliphatic rings. The first kappa shape index (κ1) is 17.9. The van der Waals surface area contributed by atoms with E-state index >= 15 is 0 Å². The molecule has 0 atom stereocenters. The van der Waals surface area contributed by atoms with Gasteiger partial charge in [0, 0.05) is 28.9 Å². The van der Waals surface area contributed by atoms with E-state index in [-0.39, 0.29) is 0 Å². The SMILES string of the molecule is CCC(CC)Nc1c2c(nc3c(-c4ccc(F)cc4F)c(C)nn13)CCC2. The topological polar surface area (TPSA) is 42.2 Å². The van der Waals surface area contributed by atoms with Gasteiger partial charge < -0.3 is 5.32 Å². The quantitative estimate of drug-likeness (QED) is 0.682. The second-order valence-corrected chi connectivity index (χ2v) is 7.22. The molecule has 6 heteroatoms. The van der Waals surface area contributed by atoms with E-state index in [1.54, 1.807) is 0 Å². The number of anilines is 1. The van der Waals surface area contributed by atoms with Crippen LogP contribution >= 0.6 is 0 Å². The fraction of sp³-hybridized carbons (Fsp3) is 0.429. The van der Waals surface area contributed by atoms with Crippen molar-refractivity contribution >= 4 is 11.5 Å². The maximum absolute atomic E-state index is 14.5. The van der Waals surface area contributed by atoms with Gasteiger partial charge in [0.05, 0.1) is 11.3 Å². The summed E-state index contributed by atoms with van der Waals surface area (Å²) in [4.78, 5) is 4.84. The summed E-state index contributed by atoms with van der Waals surface area (Å²) in [6.45, 7) is 6.17. The number of fused-ring (bicyclic) bond motifs is 2. The summed E-state index contributed by atoms with van der Waals surface area (Å²) in [6.07, 6.45) is 4.97. The molecule has 142 valence electrons. The molecule has 4 nitrogen and oxygen atoms in total. The summed E-state index contributed by atoms with van der Waals surface area (Å²) < 4.78 is 29.7. The van der Waals surface area contributed by atoms with E-state index in [9.17, 15) is 8.78 Å². The molecule has 0 fully saturated rings. The monoisotopic (exact) mass is 370 g/mol. The molecule has 0 bridgehead atoms. The van der Waals surface area contributed by atoms with E-state index in [2.05, 4.69) is 24.3 Å². The molecule has 27 heavy (non-hydrogen) atoms. The molecule has 0 spiro atoms. The van der Waals surface area contributed by atoms with Gasteiger partial charge in [-0.25, -0.2) is 13.8 Å². The molecular weight excluding hydrogens is 346 g/mol. The average molecular weight is 370 g/mol. The summed E-state index contributed by atoms with van der Waals surface area (Å²) in [5.41, 5.74) is 4.55. The molecular formula is C21H24F2N4. The largest absolute Gasteiger partial charge is 0.367 e. The van der Waals surface area contributed by atoms with Gasteiger partial charge in [-0.2, -0.15) is 9.61 Å². The fourth-order valence-corrected chi connectivity index (χ4v) is 3.98. The number of halogens is 2. The third-order valence-electron chi connectivity index (χ3n) is 5.49. The molecule has 0 saturated heterocycles. The van der Waals surface area contributed by atoms with Crippen LogP contribution in [0.2, 0.25) is 0 Å². The van der Waals surface area contributed by atoms with E-state index in [0.717, 1.165) is 49.7 Å². The molecule has 2 heterocycles. The minimum atomic E-state index is -0.593. The first-order valence-electron chi connectivity index (χ1n) is 9.66. The van der Waals surface area contributed by atoms with Gasteiger partial charge in [0.25, 0.3) is 0 Å². The van der Waals surface area contributed by atoms with E-state index in [1.807, 2.05) is 11.4 Å². The lowest BCUT2D eigenvalue weighted by Crippen LogP contribution is -2.21. The van der Waals surface area contributed by atoms with Crippen LogP contribution in [0.3, 0.4) is 0 Å². The van der Waals surface area contributed by atoms with Crippen molar-refractivity contribution in [2.45, 2.75) is 58.9 Å². The van der Waals surface area contributed by atoms with Crippen LogP contribution in [0, 0.1) is 18.6 Å². The number of nitrogens with zero attached hydrogens (tertiary/aromatic N) is 3. The predicted molar refractivity (Wildman–Crippen MR) is 103 cm³/mol. The summed E-state index contributed by atoms with van der Waals surface area (Å²) in [5, 5.41) is 8.33. The van der Waals surface area contributed by atoms with E-state index < -0.39 is 11.6 Å². The molecule has 0 saturated carbocycles. The summed E-state index contributed by atoms with van der Waals surface area (Å²) in [5.74, 6) is -0.210. The zero-order chi connectivity index (χ0) is 19.1. The Hall–Kier alpha value is -2.50.